The highest BCUT2D eigenvalue weighted by atomic mass is 16.5. The summed E-state index contributed by atoms with van der Waals surface area (Å²) in [5.41, 5.74) is 4.32. The summed E-state index contributed by atoms with van der Waals surface area (Å²) < 4.78 is 7.07. The molecular formula is C20H20N6O2. The van der Waals surface area contributed by atoms with Crippen LogP contribution < -0.4 is 10.1 Å². The molecule has 8 heteroatoms. The number of para-hydroxylation sites is 1. The average Bonchev–Trinajstić information content (AvgIpc) is 3.25. The number of hydrogen-bond acceptors (Lipinski definition) is 5. The van der Waals surface area contributed by atoms with E-state index in [0.29, 0.717) is 17.0 Å². The molecule has 0 aliphatic rings. The average molecular weight is 376 g/mol. The molecule has 3 aromatic heterocycles. The lowest BCUT2D eigenvalue weighted by Crippen LogP contribution is -2.13. The molecule has 0 fully saturated rings. The standard InChI is InChI=1S/C20H20N6O2/c1-11-9-14(18-12(2)25-26(3)19(18)21-11)20(27)22-17-10-15(23-24-17)13-7-5-6-8-16(13)28-4/h5-10H,1-4H3,(H2,22,23,24,27). The van der Waals surface area contributed by atoms with E-state index in [1.807, 2.05) is 45.2 Å². The van der Waals surface area contributed by atoms with E-state index in [1.54, 1.807) is 23.9 Å². The molecular weight excluding hydrogens is 356 g/mol. The predicted octanol–water partition coefficient (Wildman–Crippen LogP) is 3.24. The van der Waals surface area contributed by atoms with E-state index >= 15 is 0 Å². The summed E-state index contributed by atoms with van der Waals surface area (Å²) in [5, 5.41) is 15.1. The van der Waals surface area contributed by atoms with Crippen molar-refractivity contribution in [2.24, 2.45) is 7.05 Å². The van der Waals surface area contributed by atoms with Gasteiger partial charge in [-0.3, -0.25) is 14.6 Å². The number of anilines is 1. The van der Waals surface area contributed by atoms with Gasteiger partial charge in [0.1, 0.15) is 5.75 Å². The third-order valence-electron chi connectivity index (χ3n) is 4.56. The van der Waals surface area contributed by atoms with Crippen molar-refractivity contribution in [1.82, 2.24) is 25.0 Å². The highest BCUT2D eigenvalue weighted by Crippen LogP contribution is 2.29. The summed E-state index contributed by atoms with van der Waals surface area (Å²) in [6.45, 7) is 3.72. The minimum absolute atomic E-state index is 0.260. The van der Waals surface area contributed by atoms with E-state index in [1.165, 1.54) is 0 Å². The fourth-order valence-corrected chi connectivity index (χ4v) is 3.32. The number of aryl methyl sites for hydroxylation is 3. The molecule has 142 valence electrons. The van der Waals surface area contributed by atoms with Crippen molar-refractivity contribution in [3.63, 3.8) is 0 Å². The largest absolute Gasteiger partial charge is 0.496 e. The maximum atomic E-state index is 13.0. The van der Waals surface area contributed by atoms with Crippen molar-refractivity contribution in [3.05, 3.63) is 53.3 Å². The summed E-state index contributed by atoms with van der Waals surface area (Å²) in [5.74, 6) is 0.890. The molecule has 0 aliphatic carbocycles. The van der Waals surface area contributed by atoms with Crippen LogP contribution in [0.5, 0.6) is 5.75 Å². The van der Waals surface area contributed by atoms with Crippen LogP contribution >= 0.6 is 0 Å². The van der Waals surface area contributed by atoms with Gasteiger partial charge in [-0.15, -0.1) is 0 Å². The lowest BCUT2D eigenvalue weighted by Gasteiger charge is -2.06. The van der Waals surface area contributed by atoms with Gasteiger partial charge in [0.25, 0.3) is 5.91 Å². The number of benzene rings is 1. The molecule has 4 rings (SSSR count). The number of carbonyl (C=O) groups is 1. The molecule has 0 atom stereocenters. The Balaban J connectivity index is 1.67. The number of rotatable bonds is 4. The number of pyridine rings is 1. The summed E-state index contributed by atoms with van der Waals surface area (Å²) in [6, 6.07) is 11.1. The first-order valence-corrected chi connectivity index (χ1v) is 8.79. The topological polar surface area (TPSA) is 97.7 Å². The van der Waals surface area contributed by atoms with Crippen LogP contribution in [0, 0.1) is 13.8 Å². The van der Waals surface area contributed by atoms with Crippen LogP contribution in [0.4, 0.5) is 5.82 Å². The number of carbonyl (C=O) groups excluding carboxylic acids is 1. The molecule has 4 aromatic rings. The fourth-order valence-electron chi connectivity index (χ4n) is 3.32. The number of ether oxygens (including phenoxy) is 1. The molecule has 0 saturated carbocycles. The highest BCUT2D eigenvalue weighted by molar-refractivity contribution is 6.12. The lowest BCUT2D eigenvalue weighted by molar-refractivity contribution is 0.102. The smallest absolute Gasteiger partial charge is 0.257 e. The Kier molecular flexibility index (Phi) is 4.31. The van der Waals surface area contributed by atoms with E-state index in [9.17, 15) is 4.79 Å². The van der Waals surface area contributed by atoms with Crippen LogP contribution in [0.3, 0.4) is 0 Å². The van der Waals surface area contributed by atoms with Gasteiger partial charge in [-0.2, -0.15) is 10.2 Å². The number of hydrogen-bond donors (Lipinski definition) is 2. The molecule has 0 radical (unpaired) electrons. The number of aromatic amines is 1. The van der Waals surface area contributed by atoms with Gasteiger partial charge in [-0.25, -0.2) is 4.98 Å². The first-order chi connectivity index (χ1) is 13.5. The number of H-pyrrole nitrogens is 1. The van der Waals surface area contributed by atoms with Gasteiger partial charge < -0.3 is 10.1 Å². The Bertz CT molecular complexity index is 1190. The Morgan fingerprint density at radius 1 is 1.21 bits per heavy atom. The molecule has 1 aromatic carbocycles. The Labute approximate surface area is 161 Å². The van der Waals surface area contributed by atoms with Crippen molar-refractivity contribution in [3.8, 4) is 17.0 Å². The van der Waals surface area contributed by atoms with E-state index in [2.05, 4.69) is 25.6 Å². The van der Waals surface area contributed by atoms with Gasteiger partial charge in [0.2, 0.25) is 0 Å². The Hall–Kier alpha value is -3.68. The summed E-state index contributed by atoms with van der Waals surface area (Å²) in [7, 11) is 3.43. The molecule has 0 spiro atoms. The quantitative estimate of drug-likeness (QED) is 0.570. The van der Waals surface area contributed by atoms with E-state index < -0.39 is 0 Å². The van der Waals surface area contributed by atoms with Crippen LogP contribution in [-0.2, 0) is 7.05 Å². The van der Waals surface area contributed by atoms with Crippen LogP contribution in [-0.4, -0.2) is 38.0 Å². The summed E-state index contributed by atoms with van der Waals surface area (Å²) in [6.07, 6.45) is 0. The third kappa shape index (κ3) is 2.98. The van der Waals surface area contributed by atoms with Gasteiger partial charge >= 0.3 is 0 Å². The second-order valence-electron chi connectivity index (χ2n) is 6.54. The third-order valence-corrected chi connectivity index (χ3v) is 4.56. The maximum Gasteiger partial charge on any atom is 0.257 e. The Morgan fingerprint density at radius 2 is 2.00 bits per heavy atom. The van der Waals surface area contributed by atoms with Crippen LogP contribution in [0.15, 0.2) is 36.4 Å². The monoisotopic (exact) mass is 376 g/mol. The number of aromatic nitrogens is 5. The molecule has 28 heavy (non-hydrogen) atoms. The van der Waals surface area contributed by atoms with Crippen LogP contribution in [0.25, 0.3) is 22.3 Å². The molecule has 0 bridgehead atoms. The zero-order chi connectivity index (χ0) is 19.8. The number of amides is 1. The van der Waals surface area contributed by atoms with E-state index in [4.69, 9.17) is 4.74 Å². The summed E-state index contributed by atoms with van der Waals surface area (Å²) >= 11 is 0. The van der Waals surface area contributed by atoms with Crippen molar-refractivity contribution in [2.45, 2.75) is 13.8 Å². The number of methoxy groups -OCH3 is 1. The van der Waals surface area contributed by atoms with Crippen molar-refractivity contribution in [1.29, 1.82) is 0 Å². The Morgan fingerprint density at radius 3 is 2.79 bits per heavy atom. The molecule has 1 amide bonds. The van der Waals surface area contributed by atoms with Gasteiger partial charge in [-0.1, -0.05) is 12.1 Å². The number of nitrogens with zero attached hydrogens (tertiary/aromatic N) is 4. The fraction of sp³-hybridized carbons (Fsp3) is 0.200. The molecule has 0 aliphatic heterocycles. The van der Waals surface area contributed by atoms with Gasteiger partial charge in [0.05, 0.1) is 29.4 Å². The second kappa shape index (κ2) is 6.80. The van der Waals surface area contributed by atoms with Crippen molar-refractivity contribution >= 4 is 22.8 Å². The molecule has 2 N–H and O–H groups in total. The van der Waals surface area contributed by atoms with Crippen LogP contribution in [0.1, 0.15) is 21.7 Å². The SMILES string of the molecule is COc1ccccc1-c1cc(NC(=O)c2cc(C)nc3c2c(C)nn3C)n[nH]1. The molecule has 8 nitrogen and oxygen atoms in total. The second-order valence-corrected chi connectivity index (χ2v) is 6.54. The maximum absolute atomic E-state index is 13.0. The minimum Gasteiger partial charge on any atom is -0.496 e. The molecule has 0 unspecified atom stereocenters. The van der Waals surface area contributed by atoms with Crippen LogP contribution in [0.2, 0.25) is 0 Å². The highest BCUT2D eigenvalue weighted by Gasteiger charge is 2.19. The van der Waals surface area contributed by atoms with Gasteiger partial charge in [-0.05, 0) is 32.0 Å². The number of nitrogens with one attached hydrogen (secondary N) is 2. The van der Waals surface area contributed by atoms with E-state index in [-0.39, 0.29) is 5.91 Å². The van der Waals surface area contributed by atoms with E-state index in [0.717, 1.165) is 33.8 Å². The van der Waals surface area contributed by atoms with Gasteiger partial charge in [0.15, 0.2) is 11.5 Å². The number of fused-ring (bicyclic) bond motifs is 1. The van der Waals surface area contributed by atoms with Gasteiger partial charge in [0, 0.05) is 24.4 Å². The van der Waals surface area contributed by atoms with Crippen molar-refractivity contribution < 1.29 is 9.53 Å². The molecule has 3 heterocycles. The van der Waals surface area contributed by atoms with Crippen molar-refractivity contribution in [2.75, 3.05) is 12.4 Å². The minimum atomic E-state index is -0.260. The normalized spacial score (nSPS) is 11.0. The predicted molar refractivity (Wildman–Crippen MR) is 107 cm³/mol. The first-order valence-electron chi connectivity index (χ1n) is 8.79. The molecule has 0 saturated heterocycles. The summed E-state index contributed by atoms with van der Waals surface area (Å²) in [4.78, 5) is 17.4. The lowest BCUT2D eigenvalue weighted by atomic mass is 10.1. The zero-order valence-corrected chi connectivity index (χ0v) is 16.1. The zero-order valence-electron chi connectivity index (χ0n) is 16.1. The first kappa shape index (κ1) is 17.7.